The van der Waals surface area contributed by atoms with Crippen LogP contribution < -0.4 is 10.1 Å². The number of nitrogens with one attached hydrogen (secondary N) is 1. The van der Waals surface area contributed by atoms with Crippen LogP contribution in [0.5, 0.6) is 5.75 Å². The Balaban J connectivity index is 1.62. The molecule has 1 heterocycles. The summed E-state index contributed by atoms with van der Waals surface area (Å²) < 4.78 is 31.1. The van der Waals surface area contributed by atoms with Gasteiger partial charge in [0.2, 0.25) is 0 Å². The maximum absolute atomic E-state index is 12.8. The molecule has 1 radical (unpaired) electrons. The normalized spacial score (nSPS) is 15.9. The van der Waals surface area contributed by atoms with Gasteiger partial charge < -0.3 is 15.2 Å². The second-order valence-corrected chi connectivity index (χ2v) is 9.59. The Labute approximate surface area is 167 Å². The highest BCUT2D eigenvalue weighted by molar-refractivity contribution is 7.91. The Bertz CT molecular complexity index is 894. The van der Waals surface area contributed by atoms with E-state index in [9.17, 15) is 13.5 Å². The summed E-state index contributed by atoms with van der Waals surface area (Å²) in [6.45, 7) is 4.36. The molecule has 0 amide bonds. The predicted octanol–water partition coefficient (Wildman–Crippen LogP) is 2.92. The van der Waals surface area contributed by atoms with Crippen molar-refractivity contribution < 1.29 is 18.3 Å². The van der Waals surface area contributed by atoms with E-state index in [1.807, 2.05) is 25.1 Å². The fraction of sp³-hybridized carbons (Fsp3) is 0.409. The van der Waals surface area contributed by atoms with Gasteiger partial charge in [0.15, 0.2) is 9.84 Å². The average Bonchev–Trinajstić information content (AvgIpc) is 3.13. The Morgan fingerprint density at radius 2 is 1.96 bits per heavy atom. The molecule has 2 aromatic rings. The van der Waals surface area contributed by atoms with Crippen molar-refractivity contribution in [3.63, 3.8) is 0 Å². The van der Waals surface area contributed by atoms with Gasteiger partial charge in [-0.15, -0.1) is 0 Å². The summed E-state index contributed by atoms with van der Waals surface area (Å²) in [6.07, 6.45) is 2.28. The summed E-state index contributed by atoms with van der Waals surface area (Å²) >= 11 is 0. The fourth-order valence-corrected chi connectivity index (χ4v) is 5.05. The van der Waals surface area contributed by atoms with E-state index in [2.05, 4.69) is 17.4 Å². The fourth-order valence-electron chi connectivity index (χ4n) is 3.37. The number of hydrogen-bond donors (Lipinski definition) is 2. The van der Waals surface area contributed by atoms with Gasteiger partial charge in [-0.05, 0) is 49.1 Å². The van der Waals surface area contributed by atoms with Crippen molar-refractivity contribution in [2.24, 2.45) is 0 Å². The number of rotatable bonds is 9. The molecule has 0 saturated heterocycles. The van der Waals surface area contributed by atoms with Gasteiger partial charge in [0.25, 0.3) is 0 Å². The van der Waals surface area contributed by atoms with E-state index in [0.717, 1.165) is 30.2 Å². The molecule has 28 heavy (non-hydrogen) atoms. The first-order valence-corrected chi connectivity index (χ1v) is 11.3. The van der Waals surface area contributed by atoms with Gasteiger partial charge in [-0.3, -0.25) is 0 Å². The lowest BCUT2D eigenvalue weighted by Crippen LogP contribution is -2.45. The second kappa shape index (κ2) is 8.64. The smallest absolute Gasteiger partial charge is 0.181 e. The Kier molecular flexibility index (Phi) is 6.43. The third-order valence-corrected chi connectivity index (χ3v) is 6.90. The van der Waals surface area contributed by atoms with Gasteiger partial charge in [0, 0.05) is 19.0 Å². The number of benzene rings is 2. The van der Waals surface area contributed by atoms with Crippen molar-refractivity contribution in [3.05, 3.63) is 65.7 Å². The van der Waals surface area contributed by atoms with Crippen LogP contribution in [0.3, 0.4) is 0 Å². The van der Waals surface area contributed by atoms with E-state index in [1.54, 1.807) is 25.1 Å². The number of fused-ring (bicyclic) bond motifs is 1. The third-order valence-electron chi connectivity index (χ3n) is 4.93. The maximum Gasteiger partial charge on any atom is 0.181 e. The first-order chi connectivity index (χ1) is 13.3. The van der Waals surface area contributed by atoms with E-state index in [0.29, 0.717) is 13.0 Å². The van der Waals surface area contributed by atoms with Crippen LogP contribution >= 0.6 is 0 Å². The van der Waals surface area contributed by atoms with Gasteiger partial charge in [-0.1, -0.05) is 37.3 Å². The van der Waals surface area contributed by atoms with Crippen LogP contribution in [-0.2, 0) is 22.7 Å². The number of aliphatic hydroxyl groups is 1. The minimum Gasteiger partial charge on any atom is -0.493 e. The molecule has 151 valence electrons. The van der Waals surface area contributed by atoms with Crippen LogP contribution in [0, 0.1) is 6.04 Å². The van der Waals surface area contributed by atoms with Crippen molar-refractivity contribution in [1.29, 1.82) is 0 Å². The summed E-state index contributed by atoms with van der Waals surface area (Å²) in [4.78, 5) is 0.237. The minimum atomic E-state index is -3.61. The van der Waals surface area contributed by atoms with Crippen LogP contribution in [0.2, 0.25) is 0 Å². The molecule has 0 saturated carbocycles. The molecule has 5 nitrogen and oxygen atoms in total. The minimum absolute atomic E-state index is 0.177. The summed E-state index contributed by atoms with van der Waals surface area (Å²) in [6, 6.07) is 16.1. The zero-order chi connectivity index (χ0) is 20.2. The SMILES string of the molecule is CC[C](Cc1ccccc1)NC[C@@](C)(O)CS(=O)(=O)c1ccc2c(c1)CCO2. The van der Waals surface area contributed by atoms with E-state index in [-0.39, 0.29) is 17.2 Å². The standard InChI is InChI=1S/C22H28NO4S/c1-3-19(13-17-7-5-4-6-8-17)23-15-22(2,24)16-28(25,26)20-9-10-21-18(14-20)11-12-27-21/h4-10,14,23-24H,3,11-13,15-16H2,1-2H3/t22-/m1/s1. The molecule has 0 spiro atoms. The topological polar surface area (TPSA) is 75.6 Å². The lowest BCUT2D eigenvalue weighted by molar-refractivity contribution is 0.0832. The number of sulfone groups is 1. The molecule has 0 unspecified atom stereocenters. The van der Waals surface area contributed by atoms with Crippen LogP contribution in [-0.4, -0.2) is 38.0 Å². The summed E-state index contributed by atoms with van der Waals surface area (Å²) in [5, 5.41) is 14.0. The second-order valence-electron chi connectivity index (χ2n) is 7.60. The van der Waals surface area contributed by atoms with Crippen molar-refractivity contribution in [3.8, 4) is 5.75 Å². The van der Waals surface area contributed by atoms with Crippen LogP contribution in [0.1, 0.15) is 31.4 Å². The summed E-state index contributed by atoms with van der Waals surface area (Å²) in [5.74, 6) is 0.407. The van der Waals surface area contributed by atoms with Crippen molar-refractivity contribution >= 4 is 9.84 Å². The quantitative estimate of drug-likeness (QED) is 0.675. The van der Waals surface area contributed by atoms with Crippen molar-refractivity contribution in [1.82, 2.24) is 5.32 Å². The van der Waals surface area contributed by atoms with Gasteiger partial charge in [0.1, 0.15) is 5.75 Å². The zero-order valence-corrected chi connectivity index (χ0v) is 17.3. The average molecular weight is 403 g/mol. The predicted molar refractivity (Wildman–Crippen MR) is 110 cm³/mol. The van der Waals surface area contributed by atoms with E-state index in [1.165, 1.54) is 5.56 Å². The van der Waals surface area contributed by atoms with Crippen LogP contribution in [0.15, 0.2) is 53.4 Å². The first kappa shape index (κ1) is 20.8. The van der Waals surface area contributed by atoms with Gasteiger partial charge in [-0.25, -0.2) is 8.42 Å². The Morgan fingerprint density at radius 1 is 1.21 bits per heavy atom. The van der Waals surface area contributed by atoms with Crippen LogP contribution in [0.4, 0.5) is 0 Å². The highest BCUT2D eigenvalue weighted by Gasteiger charge is 2.31. The van der Waals surface area contributed by atoms with E-state index >= 15 is 0 Å². The molecule has 3 rings (SSSR count). The van der Waals surface area contributed by atoms with Crippen LogP contribution in [0.25, 0.3) is 0 Å². The largest absolute Gasteiger partial charge is 0.493 e. The number of hydrogen-bond acceptors (Lipinski definition) is 5. The van der Waals surface area contributed by atoms with Crippen molar-refractivity contribution in [2.45, 2.75) is 43.6 Å². The lowest BCUT2D eigenvalue weighted by Gasteiger charge is -2.26. The van der Waals surface area contributed by atoms with E-state index in [4.69, 9.17) is 4.74 Å². The molecule has 1 atom stereocenters. The molecule has 0 fully saturated rings. The monoisotopic (exact) mass is 402 g/mol. The molecule has 1 aliphatic heterocycles. The summed E-state index contributed by atoms with van der Waals surface area (Å²) in [5.41, 5.74) is 0.702. The molecule has 1 aliphatic rings. The highest BCUT2D eigenvalue weighted by atomic mass is 32.2. The molecule has 6 heteroatoms. The molecule has 2 aromatic carbocycles. The number of ether oxygens (including phenoxy) is 1. The molecule has 0 bridgehead atoms. The Morgan fingerprint density at radius 3 is 2.68 bits per heavy atom. The molecular weight excluding hydrogens is 374 g/mol. The molecule has 0 aromatic heterocycles. The maximum atomic E-state index is 12.8. The lowest BCUT2D eigenvalue weighted by atomic mass is 10.0. The highest BCUT2D eigenvalue weighted by Crippen LogP contribution is 2.29. The summed E-state index contributed by atoms with van der Waals surface area (Å²) in [7, 11) is -3.61. The molecule has 0 aliphatic carbocycles. The zero-order valence-electron chi connectivity index (χ0n) is 16.4. The van der Waals surface area contributed by atoms with Gasteiger partial charge in [0.05, 0.1) is 22.9 Å². The van der Waals surface area contributed by atoms with Crippen molar-refractivity contribution in [2.75, 3.05) is 18.9 Å². The third kappa shape index (κ3) is 5.34. The first-order valence-electron chi connectivity index (χ1n) is 9.62. The van der Waals surface area contributed by atoms with Gasteiger partial charge >= 0.3 is 0 Å². The molecular formula is C22H28NO4S. The van der Waals surface area contributed by atoms with Gasteiger partial charge in [-0.2, -0.15) is 0 Å². The van der Waals surface area contributed by atoms with E-state index < -0.39 is 15.4 Å². The molecule has 2 N–H and O–H groups in total. The Hall–Kier alpha value is -1.89.